The van der Waals surface area contributed by atoms with E-state index in [0.29, 0.717) is 46.6 Å². The van der Waals surface area contributed by atoms with E-state index in [4.69, 9.17) is 0 Å². The molecule has 0 aromatic heterocycles. The van der Waals surface area contributed by atoms with Crippen molar-refractivity contribution in [2.45, 2.75) is 59.3 Å². The van der Waals surface area contributed by atoms with Crippen molar-refractivity contribution >= 4 is 11.6 Å². The zero-order chi connectivity index (χ0) is 15.7. The van der Waals surface area contributed by atoms with Crippen molar-refractivity contribution < 1.29 is 9.59 Å². The van der Waals surface area contributed by atoms with Gasteiger partial charge in [0.1, 0.15) is 5.78 Å². The van der Waals surface area contributed by atoms with E-state index in [1.165, 1.54) is 12.8 Å². The van der Waals surface area contributed by atoms with Crippen LogP contribution in [0.4, 0.5) is 0 Å². The summed E-state index contributed by atoms with van der Waals surface area (Å²) in [5.41, 5.74) is 0.189. The van der Waals surface area contributed by atoms with Gasteiger partial charge in [-0.25, -0.2) is 0 Å². The van der Waals surface area contributed by atoms with Gasteiger partial charge in [0.25, 0.3) is 0 Å². The number of Topliss-reactive ketones (excluding diaryl/α,β-unsaturated/α-hetero) is 1. The van der Waals surface area contributed by atoms with E-state index in [1.54, 1.807) is 0 Å². The quantitative estimate of drug-likeness (QED) is 0.672. The smallest absolute Gasteiger partial charge is 0.161 e. The van der Waals surface area contributed by atoms with Gasteiger partial charge in [-0.05, 0) is 66.8 Å². The number of hydrogen-bond acceptors (Lipinski definition) is 2. The molecule has 7 atom stereocenters. The minimum absolute atomic E-state index is 0.136. The normalized spacial score (nSPS) is 53.9. The molecule has 3 saturated carbocycles. The van der Waals surface area contributed by atoms with Gasteiger partial charge in [0.2, 0.25) is 0 Å². The van der Waals surface area contributed by atoms with Gasteiger partial charge < -0.3 is 0 Å². The zero-order valence-electron chi connectivity index (χ0n) is 14.1. The van der Waals surface area contributed by atoms with E-state index >= 15 is 0 Å². The second kappa shape index (κ2) is 4.55. The highest BCUT2D eigenvalue weighted by Gasteiger charge is 2.60. The van der Waals surface area contributed by atoms with Crippen molar-refractivity contribution in [2.24, 2.45) is 40.4 Å². The van der Waals surface area contributed by atoms with Crippen LogP contribution in [0.25, 0.3) is 0 Å². The Balaban J connectivity index is 1.71. The Hall–Kier alpha value is -0.920. The van der Waals surface area contributed by atoms with Crippen molar-refractivity contribution in [1.82, 2.24) is 0 Å². The number of allylic oxidation sites excluding steroid dienone is 2. The molecule has 4 aliphatic carbocycles. The molecule has 1 unspecified atom stereocenters. The Kier molecular flexibility index (Phi) is 3.03. The highest BCUT2D eigenvalue weighted by Crippen LogP contribution is 2.65. The minimum atomic E-state index is -0.136. The maximum absolute atomic E-state index is 12.4. The molecular weight excluding hydrogens is 272 g/mol. The topological polar surface area (TPSA) is 34.1 Å². The van der Waals surface area contributed by atoms with E-state index in [0.717, 1.165) is 25.7 Å². The molecule has 22 heavy (non-hydrogen) atoms. The molecule has 0 aromatic carbocycles. The van der Waals surface area contributed by atoms with Gasteiger partial charge in [-0.15, -0.1) is 0 Å². The molecule has 0 saturated heterocycles. The first-order valence-corrected chi connectivity index (χ1v) is 9.10. The summed E-state index contributed by atoms with van der Waals surface area (Å²) in [6, 6.07) is 0. The van der Waals surface area contributed by atoms with E-state index in [2.05, 4.69) is 26.8 Å². The van der Waals surface area contributed by atoms with Gasteiger partial charge in [-0.2, -0.15) is 0 Å². The van der Waals surface area contributed by atoms with Crippen LogP contribution in [0.15, 0.2) is 12.2 Å². The van der Waals surface area contributed by atoms with Crippen LogP contribution >= 0.6 is 0 Å². The fraction of sp³-hybridized carbons (Fsp3) is 0.800. The standard InChI is InChI=1S/C20H28O2/c1-12-10-13-11-14(21)6-8-19(13,2)16-7-9-20(3)15(18(12)16)4-5-17(20)22/h4-5,12-13,15-16,18H,6-11H2,1-3H3/t12-,13?,15+,16+,18+,19+,20+/m1/s1. The summed E-state index contributed by atoms with van der Waals surface area (Å²) < 4.78 is 0. The van der Waals surface area contributed by atoms with Gasteiger partial charge in [-0.1, -0.05) is 26.8 Å². The first kappa shape index (κ1) is 14.7. The van der Waals surface area contributed by atoms with Crippen molar-refractivity contribution in [3.05, 3.63) is 12.2 Å². The van der Waals surface area contributed by atoms with Crippen LogP contribution in [-0.4, -0.2) is 11.6 Å². The van der Waals surface area contributed by atoms with Gasteiger partial charge in [0.05, 0.1) is 0 Å². The molecule has 0 spiro atoms. The highest BCUT2D eigenvalue weighted by molar-refractivity contribution is 5.97. The largest absolute Gasteiger partial charge is 0.300 e. The maximum Gasteiger partial charge on any atom is 0.161 e. The van der Waals surface area contributed by atoms with E-state index in [1.807, 2.05) is 6.08 Å². The van der Waals surface area contributed by atoms with Crippen LogP contribution in [0.1, 0.15) is 59.3 Å². The third-order valence-corrected chi connectivity index (χ3v) is 8.12. The lowest BCUT2D eigenvalue weighted by molar-refractivity contribution is -0.149. The maximum atomic E-state index is 12.4. The number of fused-ring (bicyclic) bond motifs is 5. The van der Waals surface area contributed by atoms with Gasteiger partial charge in [-0.3, -0.25) is 9.59 Å². The summed E-state index contributed by atoms with van der Waals surface area (Å²) in [5.74, 6) is 3.81. The van der Waals surface area contributed by atoms with Crippen molar-refractivity contribution in [1.29, 1.82) is 0 Å². The average Bonchev–Trinajstić information content (AvgIpc) is 2.77. The first-order valence-electron chi connectivity index (χ1n) is 9.10. The summed E-state index contributed by atoms with van der Waals surface area (Å²) in [4.78, 5) is 24.3. The highest BCUT2D eigenvalue weighted by atomic mass is 16.1. The molecule has 0 amide bonds. The van der Waals surface area contributed by atoms with Crippen LogP contribution in [0.5, 0.6) is 0 Å². The lowest BCUT2D eigenvalue weighted by Gasteiger charge is -2.61. The monoisotopic (exact) mass is 300 g/mol. The van der Waals surface area contributed by atoms with Crippen LogP contribution in [0.3, 0.4) is 0 Å². The zero-order valence-corrected chi connectivity index (χ0v) is 14.1. The van der Waals surface area contributed by atoms with Crippen molar-refractivity contribution in [3.63, 3.8) is 0 Å². The van der Waals surface area contributed by atoms with Crippen LogP contribution in [-0.2, 0) is 9.59 Å². The van der Waals surface area contributed by atoms with E-state index < -0.39 is 0 Å². The number of hydrogen-bond donors (Lipinski definition) is 0. The fourth-order valence-electron chi connectivity index (χ4n) is 6.69. The van der Waals surface area contributed by atoms with Gasteiger partial charge >= 0.3 is 0 Å². The Morgan fingerprint density at radius 3 is 2.73 bits per heavy atom. The molecule has 120 valence electrons. The average molecular weight is 300 g/mol. The first-order chi connectivity index (χ1) is 10.4. The van der Waals surface area contributed by atoms with Gasteiger partial charge in [0.15, 0.2) is 5.78 Å². The summed E-state index contributed by atoms with van der Waals surface area (Å²) >= 11 is 0. The predicted molar refractivity (Wildman–Crippen MR) is 86.2 cm³/mol. The van der Waals surface area contributed by atoms with Gasteiger partial charge in [0, 0.05) is 18.3 Å². The second-order valence-electron chi connectivity index (χ2n) is 9.05. The summed E-state index contributed by atoms with van der Waals surface area (Å²) in [7, 11) is 0. The van der Waals surface area contributed by atoms with Crippen molar-refractivity contribution in [3.8, 4) is 0 Å². The Bertz CT molecular complexity index is 562. The SMILES string of the molecule is C[C@@H]1CC2CC(=O)CC[C@]2(C)[C@H]2CC[C@]3(C)C(=O)C=C[C@H]3[C@H]12. The number of rotatable bonds is 0. The summed E-state index contributed by atoms with van der Waals surface area (Å²) in [5, 5.41) is 0. The summed E-state index contributed by atoms with van der Waals surface area (Å²) in [6.07, 6.45) is 10.1. The molecule has 0 aliphatic heterocycles. The third kappa shape index (κ3) is 1.73. The molecular formula is C20H28O2. The predicted octanol–water partition coefficient (Wildman–Crippen LogP) is 4.19. The fourth-order valence-corrected chi connectivity index (χ4v) is 6.69. The lowest BCUT2D eigenvalue weighted by Crippen LogP contribution is -2.56. The number of carbonyl (C=O) groups excluding carboxylic acids is 2. The second-order valence-corrected chi connectivity index (χ2v) is 9.05. The molecule has 0 radical (unpaired) electrons. The Morgan fingerprint density at radius 1 is 1.18 bits per heavy atom. The number of carbonyl (C=O) groups is 2. The van der Waals surface area contributed by atoms with E-state index in [9.17, 15) is 9.59 Å². The molecule has 2 heteroatoms. The third-order valence-electron chi connectivity index (χ3n) is 8.12. The van der Waals surface area contributed by atoms with E-state index in [-0.39, 0.29) is 5.41 Å². The molecule has 4 rings (SSSR count). The number of ketones is 2. The molecule has 0 aromatic rings. The van der Waals surface area contributed by atoms with Crippen molar-refractivity contribution in [2.75, 3.05) is 0 Å². The Morgan fingerprint density at radius 2 is 1.95 bits per heavy atom. The molecule has 0 heterocycles. The molecule has 0 N–H and O–H groups in total. The lowest BCUT2D eigenvalue weighted by atomic mass is 9.43. The molecule has 4 aliphatic rings. The Labute approximate surface area is 133 Å². The summed E-state index contributed by atoms with van der Waals surface area (Å²) in [6.45, 7) is 7.03. The minimum Gasteiger partial charge on any atom is -0.300 e. The molecule has 0 bridgehead atoms. The molecule has 2 nitrogen and oxygen atoms in total. The van der Waals surface area contributed by atoms with Crippen LogP contribution < -0.4 is 0 Å². The molecule has 3 fully saturated rings. The van der Waals surface area contributed by atoms with Crippen LogP contribution in [0, 0.1) is 40.4 Å². The van der Waals surface area contributed by atoms with Crippen LogP contribution in [0.2, 0.25) is 0 Å².